The molecule has 0 aliphatic carbocycles. The zero-order valence-electron chi connectivity index (χ0n) is 14.8. The second-order valence-corrected chi connectivity index (χ2v) is 7.75. The van der Waals surface area contributed by atoms with Gasteiger partial charge in [0.05, 0.1) is 0 Å². The fourth-order valence-electron chi connectivity index (χ4n) is 2.66. The molecule has 0 bridgehead atoms. The Kier molecular flexibility index (Phi) is 5.78. The number of rotatable bonds is 6. The molecule has 3 aromatic rings. The Morgan fingerprint density at radius 1 is 1.18 bits per heavy atom. The molecule has 0 fully saturated rings. The zero-order valence-corrected chi connectivity index (χ0v) is 17.2. The molecule has 0 radical (unpaired) electrons. The first-order chi connectivity index (χ1) is 13.7. The lowest BCUT2D eigenvalue weighted by molar-refractivity contribution is 0.0465. The maximum atomic E-state index is 12.3. The van der Waals surface area contributed by atoms with E-state index < -0.39 is 5.97 Å². The molecule has 0 amide bonds. The number of esters is 1. The number of fused-ring (bicyclic) bond motifs is 1. The van der Waals surface area contributed by atoms with Crippen molar-refractivity contribution < 1.29 is 19.0 Å². The van der Waals surface area contributed by atoms with Crippen molar-refractivity contribution >= 4 is 38.4 Å². The Bertz CT molecular complexity index is 978. The summed E-state index contributed by atoms with van der Waals surface area (Å²) in [5.74, 6) is 0.870. The van der Waals surface area contributed by atoms with Crippen LogP contribution in [0, 0.1) is 0 Å². The number of aromatic nitrogens is 1. The van der Waals surface area contributed by atoms with Crippen molar-refractivity contribution in [3.05, 3.63) is 69.1 Å². The van der Waals surface area contributed by atoms with E-state index in [4.69, 9.17) is 14.2 Å². The summed E-state index contributed by atoms with van der Waals surface area (Å²) in [5.41, 5.74) is 2.23. The highest BCUT2D eigenvalue weighted by Gasteiger charge is 2.17. The van der Waals surface area contributed by atoms with E-state index >= 15 is 0 Å². The number of hydrogen-bond donors (Lipinski definition) is 1. The van der Waals surface area contributed by atoms with Crippen molar-refractivity contribution in [1.82, 2.24) is 4.98 Å². The second kappa shape index (κ2) is 8.62. The van der Waals surface area contributed by atoms with Crippen LogP contribution >= 0.6 is 27.3 Å². The first kappa shape index (κ1) is 18.8. The number of nitrogens with zero attached hydrogens (tertiary/aromatic N) is 1. The molecule has 144 valence electrons. The summed E-state index contributed by atoms with van der Waals surface area (Å²) in [6.07, 6.45) is 0. The molecule has 0 atom stereocenters. The van der Waals surface area contributed by atoms with Crippen LogP contribution in [0.25, 0.3) is 0 Å². The fourth-order valence-corrected chi connectivity index (χ4v) is 3.77. The molecule has 1 aromatic heterocycles. The van der Waals surface area contributed by atoms with Crippen molar-refractivity contribution in [2.45, 2.75) is 13.2 Å². The van der Waals surface area contributed by atoms with Gasteiger partial charge in [0.15, 0.2) is 22.3 Å². The van der Waals surface area contributed by atoms with Crippen LogP contribution in [0.15, 0.2) is 52.3 Å². The Hall–Kier alpha value is -2.58. The normalized spacial score (nSPS) is 12.5. The number of carbonyl (C=O) groups excluding carboxylic acids is 1. The molecule has 0 spiro atoms. The van der Waals surface area contributed by atoms with Gasteiger partial charge in [0, 0.05) is 22.0 Å². The summed E-state index contributed by atoms with van der Waals surface area (Å²) in [5, 5.41) is 5.58. The molecule has 1 aliphatic heterocycles. The highest BCUT2D eigenvalue weighted by atomic mass is 79.9. The molecule has 1 aliphatic rings. The Balaban J connectivity index is 1.35. The minimum Gasteiger partial charge on any atom is -0.486 e. The van der Waals surface area contributed by atoms with Crippen molar-refractivity contribution in [3.8, 4) is 11.5 Å². The van der Waals surface area contributed by atoms with Crippen LogP contribution in [0.2, 0.25) is 0 Å². The van der Waals surface area contributed by atoms with Crippen molar-refractivity contribution in [2.24, 2.45) is 0 Å². The molecule has 8 heteroatoms. The average molecular weight is 461 g/mol. The third-order valence-electron chi connectivity index (χ3n) is 4.07. The Morgan fingerprint density at radius 2 is 1.93 bits per heavy atom. The topological polar surface area (TPSA) is 69.7 Å². The summed E-state index contributed by atoms with van der Waals surface area (Å²) < 4.78 is 17.3. The van der Waals surface area contributed by atoms with E-state index in [1.807, 2.05) is 42.5 Å². The Labute approximate surface area is 174 Å². The van der Waals surface area contributed by atoms with Gasteiger partial charge in [-0.15, -0.1) is 11.3 Å². The smallest absolute Gasteiger partial charge is 0.358 e. The number of halogens is 1. The highest BCUT2D eigenvalue weighted by molar-refractivity contribution is 9.10. The predicted molar refractivity (Wildman–Crippen MR) is 110 cm³/mol. The number of hydrogen-bond acceptors (Lipinski definition) is 7. The summed E-state index contributed by atoms with van der Waals surface area (Å²) in [6, 6.07) is 13.6. The largest absolute Gasteiger partial charge is 0.486 e. The number of anilines is 1. The van der Waals surface area contributed by atoms with E-state index in [2.05, 4.69) is 26.2 Å². The van der Waals surface area contributed by atoms with E-state index in [1.54, 1.807) is 5.38 Å². The molecule has 28 heavy (non-hydrogen) atoms. The van der Waals surface area contributed by atoms with Gasteiger partial charge in [0.2, 0.25) is 0 Å². The first-order valence-corrected chi connectivity index (χ1v) is 10.3. The van der Waals surface area contributed by atoms with E-state index in [0.717, 1.165) is 15.6 Å². The number of nitrogens with one attached hydrogen (secondary N) is 1. The summed E-state index contributed by atoms with van der Waals surface area (Å²) in [6.45, 7) is 1.79. The van der Waals surface area contributed by atoms with Crippen LogP contribution in [-0.4, -0.2) is 24.2 Å². The third-order valence-corrected chi connectivity index (χ3v) is 5.61. The van der Waals surface area contributed by atoms with Crippen LogP contribution in [0.3, 0.4) is 0 Å². The van der Waals surface area contributed by atoms with Gasteiger partial charge in [-0.1, -0.05) is 46.3 Å². The summed E-state index contributed by atoms with van der Waals surface area (Å²) in [7, 11) is 0. The molecule has 0 unspecified atom stereocenters. The van der Waals surface area contributed by atoms with Crippen LogP contribution in [-0.2, 0) is 17.9 Å². The number of benzene rings is 2. The van der Waals surface area contributed by atoms with Gasteiger partial charge in [0.25, 0.3) is 0 Å². The minimum atomic E-state index is -0.467. The van der Waals surface area contributed by atoms with E-state index in [9.17, 15) is 4.79 Å². The Morgan fingerprint density at radius 3 is 2.71 bits per heavy atom. The second-order valence-electron chi connectivity index (χ2n) is 6.04. The van der Waals surface area contributed by atoms with Crippen LogP contribution in [0.4, 0.5) is 5.13 Å². The molecule has 0 saturated heterocycles. The van der Waals surface area contributed by atoms with Gasteiger partial charge in [0.1, 0.15) is 19.8 Å². The van der Waals surface area contributed by atoms with Gasteiger partial charge in [-0.25, -0.2) is 9.78 Å². The molecule has 4 rings (SSSR count). The first-order valence-electron chi connectivity index (χ1n) is 8.67. The van der Waals surface area contributed by atoms with Crippen LogP contribution < -0.4 is 14.8 Å². The third kappa shape index (κ3) is 4.45. The van der Waals surface area contributed by atoms with Gasteiger partial charge in [-0.2, -0.15) is 0 Å². The fraction of sp³-hybridized carbons (Fsp3) is 0.200. The highest BCUT2D eigenvalue weighted by Crippen LogP contribution is 2.35. The monoisotopic (exact) mass is 460 g/mol. The molecule has 0 saturated carbocycles. The van der Waals surface area contributed by atoms with Crippen molar-refractivity contribution in [1.29, 1.82) is 0 Å². The lowest BCUT2D eigenvalue weighted by atomic mass is 10.2. The number of thiazole rings is 1. The maximum Gasteiger partial charge on any atom is 0.358 e. The minimum absolute atomic E-state index is 0.111. The van der Waals surface area contributed by atoms with Crippen molar-refractivity contribution in [2.75, 3.05) is 18.5 Å². The predicted octanol–water partition coefficient (Wildman–Crippen LogP) is 4.65. The SMILES string of the molecule is O=C(OCc1cc2c(cc1Br)OCCO2)c1csc(NCc2ccccc2)n1. The molecule has 2 heterocycles. The van der Waals surface area contributed by atoms with Gasteiger partial charge < -0.3 is 19.5 Å². The summed E-state index contributed by atoms with van der Waals surface area (Å²) >= 11 is 4.85. The van der Waals surface area contributed by atoms with Crippen LogP contribution in [0.5, 0.6) is 11.5 Å². The zero-order chi connectivity index (χ0) is 19.3. The maximum absolute atomic E-state index is 12.3. The number of ether oxygens (including phenoxy) is 3. The quantitative estimate of drug-likeness (QED) is 0.540. The molecular weight excluding hydrogens is 444 g/mol. The van der Waals surface area contributed by atoms with Gasteiger partial charge in [-0.05, 0) is 17.7 Å². The number of carbonyl (C=O) groups is 1. The van der Waals surface area contributed by atoms with Crippen LogP contribution in [0.1, 0.15) is 21.6 Å². The molecule has 6 nitrogen and oxygen atoms in total. The molecule has 2 aromatic carbocycles. The van der Waals surface area contributed by atoms with Gasteiger partial charge in [-0.3, -0.25) is 0 Å². The van der Waals surface area contributed by atoms with E-state index in [-0.39, 0.29) is 12.3 Å². The summed E-state index contributed by atoms with van der Waals surface area (Å²) in [4.78, 5) is 16.6. The standard InChI is InChI=1S/C20H17BrN2O4S/c21-15-9-18-17(25-6-7-26-18)8-14(15)11-27-19(24)16-12-28-20(23-16)22-10-13-4-2-1-3-5-13/h1-5,8-9,12H,6-7,10-11H2,(H,22,23). The lowest BCUT2D eigenvalue weighted by Crippen LogP contribution is -2.16. The average Bonchev–Trinajstić information content (AvgIpc) is 3.20. The lowest BCUT2D eigenvalue weighted by Gasteiger charge is -2.19. The van der Waals surface area contributed by atoms with E-state index in [1.165, 1.54) is 11.3 Å². The molecule has 1 N–H and O–H groups in total. The molecular formula is C20H17BrN2O4S. The van der Waals surface area contributed by atoms with E-state index in [0.29, 0.717) is 36.4 Å². The van der Waals surface area contributed by atoms with Crippen molar-refractivity contribution in [3.63, 3.8) is 0 Å². The van der Waals surface area contributed by atoms with Gasteiger partial charge >= 0.3 is 5.97 Å².